The Kier molecular flexibility index (Phi) is 6.09. The highest BCUT2D eigenvalue weighted by Gasteiger charge is 2.18. The molecule has 0 spiro atoms. The van der Waals surface area contributed by atoms with Crippen LogP contribution in [0.3, 0.4) is 0 Å². The predicted molar refractivity (Wildman–Crippen MR) is 110 cm³/mol. The fourth-order valence-electron chi connectivity index (χ4n) is 3.58. The Labute approximate surface area is 157 Å². The molecule has 1 aliphatic rings. The summed E-state index contributed by atoms with van der Waals surface area (Å²) in [5.41, 5.74) is 4.80. The fourth-order valence-corrected chi connectivity index (χ4v) is 3.58. The number of piperazine rings is 1. The number of likely N-dealkylation sites (N-methyl/N-ethyl adjacent to an activating group) is 1. The second kappa shape index (κ2) is 8.49. The van der Waals surface area contributed by atoms with Crippen molar-refractivity contribution in [2.24, 2.45) is 0 Å². The zero-order valence-electron chi connectivity index (χ0n) is 16.5. The molecule has 5 nitrogen and oxygen atoms in total. The van der Waals surface area contributed by atoms with Crippen molar-refractivity contribution in [3.63, 3.8) is 0 Å². The van der Waals surface area contributed by atoms with Gasteiger partial charge in [0.25, 0.3) is 0 Å². The molecule has 2 heterocycles. The van der Waals surface area contributed by atoms with Crippen molar-refractivity contribution in [1.29, 1.82) is 0 Å². The summed E-state index contributed by atoms with van der Waals surface area (Å²) < 4.78 is 0. The van der Waals surface area contributed by atoms with E-state index in [0.717, 1.165) is 57.1 Å². The summed E-state index contributed by atoms with van der Waals surface area (Å²) in [5.74, 6) is 1.73. The van der Waals surface area contributed by atoms with Gasteiger partial charge in [-0.05, 0) is 37.4 Å². The molecule has 0 saturated carbocycles. The minimum Gasteiger partial charge on any atom is -0.354 e. The number of aryl methyl sites for hydroxylation is 3. The largest absolute Gasteiger partial charge is 0.354 e. The van der Waals surface area contributed by atoms with Crippen molar-refractivity contribution in [3.8, 4) is 0 Å². The maximum absolute atomic E-state index is 4.84. The molecule has 0 amide bonds. The van der Waals surface area contributed by atoms with E-state index in [4.69, 9.17) is 4.98 Å². The van der Waals surface area contributed by atoms with Gasteiger partial charge in [0.05, 0.1) is 0 Å². The standard InChI is InChI=1S/C21H31N5/c1-5-17-9-8-10-18(6-2)20(17)24-21-22-16(4)15-19(23-21)26-13-11-25(7-3)12-14-26/h8-10,15H,5-7,11-14H2,1-4H3,(H,22,23,24). The molecule has 26 heavy (non-hydrogen) atoms. The van der Waals surface area contributed by atoms with E-state index in [-0.39, 0.29) is 0 Å². The van der Waals surface area contributed by atoms with Crippen LogP contribution in [0.4, 0.5) is 17.5 Å². The van der Waals surface area contributed by atoms with E-state index in [1.807, 2.05) is 6.92 Å². The molecule has 140 valence electrons. The third-order valence-electron chi connectivity index (χ3n) is 5.22. The van der Waals surface area contributed by atoms with Gasteiger partial charge in [0.1, 0.15) is 5.82 Å². The molecular weight excluding hydrogens is 322 g/mol. The summed E-state index contributed by atoms with van der Waals surface area (Å²) >= 11 is 0. The third-order valence-corrected chi connectivity index (χ3v) is 5.22. The Morgan fingerprint density at radius 2 is 1.62 bits per heavy atom. The van der Waals surface area contributed by atoms with E-state index in [1.54, 1.807) is 0 Å². The van der Waals surface area contributed by atoms with Gasteiger partial charge in [-0.15, -0.1) is 0 Å². The van der Waals surface area contributed by atoms with Crippen LogP contribution in [0.1, 0.15) is 37.6 Å². The maximum Gasteiger partial charge on any atom is 0.229 e. The lowest BCUT2D eigenvalue weighted by Crippen LogP contribution is -2.46. The normalized spacial score (nSPS) is 15.3. The van der Waals surface area contributed by atoms with Crippen LogP contribution in [-0.2, 0) is 12.8 Å². The van der Waals surface area contributed by atoms with Gasteiger partial charge in [-0.3, -0.25) is 0 Å². The van der Waals surface area contributed by atoms with Crippen LogP contribution in [0.15, 0.2) is 24.3 Å². The average molecular weight is 354 g/mol. The van der Waals surface area contributed by atoms with Gasteiger partial charge in [0.15, 0.2) is 0 Å². The fraction of sp³-hybridized carbons (Fsp3) is 0.524. The van der Waals surface area contributed by atoms with Crippen molar-refractivity contribution >= 4 is 17.5 Å². The highest BCUT2D eigenvalue weighted by Crippen LogP contribution is 2.26. The molecule has 1 saturated heterocycles. The Balaban J connectivity index is 1.85. The first-order valence-electron chi connectivity index (χ1n) is 9.85. The smallest absolute Gasteiger partial charge is 0.229 e. The van der Waals surface area contributed by atoms with Crippen molar-refractivity contribution in [2.45, 2.75) is 40.5 Å². The molecule has 1 aromatic heterocycles. The van der Waals surface area contributed by atoms with Gasteiger partial charge in [0, 0.05) is 43.6 Å². The first kappa shape index (κ1) is 18.6. The number of nitrogens with zero attached hydrogens (tertiary/aromatic N) is 4. The maximum atomic E-state index is 4.84. The number of aromatic nitrogens is 2. The Bertz CT molecular complexity index is 713. The lowest BCUT2D eigenvalue weighted by atomic mass is 10.0. The highest BCUT2D eigenvalue weighted by atomic mass is 15.3. The van der Waals surface area contributed by atoms with Gasteiger partial charge in [-0.2, -0.15) is 4.98 Å². The molecule has 2 aromatic rings. The van der Waals surface area contributed by atoms with Crippen molar-refractivity contribution in [1.82, 2.24) is 14.9 Å². The highest BCUT2D eigenvalue weighted by molar-refractivity contribution is 5.64. The minimum absolute atomic E-state index is 0.702. The molecule has 1 aliphatic heterocycles. The van der Waals surface area contributed by atoms with Crippen molar-refractivity contribution < 1.29 is 0 Å². The number of rotatable bonds is 6. The first-order valence-corrected chi connectivity index (χ1v) is 9.85. The zero-order valence-corrected chi connectivity index (χ0v) is 16.5. The molecule has 1 fully saturated rings. The molecule has 1 N–H and O–H groups in total. The summed E-state index contributed by atoms with van der Waals surface area (Å²) in [6.45, 7) is 14.0. The van der Waals surface area contributed by atoms with Crippen LogP contribution in [0.2, 0.25) is 0 Å². The van der Waals surface area contributed by atoms with E-state index in [1.165, 1.54) is 16.8 Å². The van der Waals surface area contributed by atoms with Gasteiger partial charge < -0.3 is 15.1 Å². The summed E-state index contributed by atoms with van der Waals surface area (Å²) in [5, 5.41) is 3.52. The Morgan fingerprint density at radius 1 is 0.962 bits per heavy atom. The molecule has 0 unspecified atom stereocenters. The van der Waals surface area contributed by atoms with Crippen molar-refractivity contribution in [2.75, 3.05) is 42.9 Å². The summed E-state index contributed by atoms with van der Waals surface area (Å²) in [6, 6.07) is 8.60. The van der Waals surface area contributed by atoms with Crippen LogP contribution < -0.4 is 10.2 Å². The second-order valence-corrected chi connectivity index (χ2v) is 6.90. The van der Waals surface area contributed by atoms with E-state index in [9.17, 15) is 0 Å². The van der Waals surface area contributed by atoms with Gasteiger partial charge in [-0.25, -0.2) is 4.98 Å². The number of hydrogen-bond acceptors (Lipinski definition) is 5. The lowest BCUT2D eigenvalue weighted by Gasteiger charge is -2.34. The van der Waals surface area contributed by atoms with E-state index >= 15 is 0 Å². The molecule has 0 atom stereocenters. The quantitative estimate of drug-likeness (QED) is 0.856. The topological polar surface area (TPSA) is 44.3 Å². The molecule has 1 aromatic carbocycles. The third kappa shape index (κ3) is 4.15. The molecule has 3 rings (SSSR count). The monoisotopic (exact) mass is 353 g/mol. The number of anilines is 3. The zero-order chi connectivity index (χ0) is 18.5. The van der Waals surface area contributed by atoms with E-state index in [0.29, 0.717) is 5.95 Å². The second-order valence-electron chi connectivity index (χ2n) is 6.90. The SMILES string of the molecule is CCc1cccc(CC)c1Nc1nc(C)cc(N2CCN(CC)CC2)n1. The molecule has 5 heteroatoms. The van der Waals surface area contributed by atoms with Gasteiger partial charge in [0.2, 0.25) is 5.95 Å². The van der Waals surface area contributed by atoms with E-state index < -0.39 is 0 Å². The predicted octanol–water partition coefficient (Wildman–Crippen LogP) is 3.80. The first-order chi connectivity index (χ1) is 12.6. The lowest BCUT2D eigenvalue weighted by molar-refractivity contribution is 0.270. The van der Waals surface area contributed by atoms with Gasteiger partial charge >= 0.3 is 0 Å². The number of para-hydroxylation sites is 1. The Hall–Kier alpha value is -2.14. The molecular formula is C21H31N5. The molecule has 0 aliphatic carbocycles. The number of hydrogen-bond donors (Lipinski definition) is 1. The molecule has 0 radical (unpaired) electrons. The van der Waals surface area contributed by atoms with Crippen LogP contribution >= 0.6 is 0 Å². The van der Waals surface area contributed by atoms with Crippen LogP contribution in [0.25, 0.3) is 0 Å². The van der Waals surface area contributed by atoms with Gasteiger partial charge in [-0.1, -0.05) is 39.0 Å². The van der Waals surface area contributed by atoms with Crippen molar-refractivity contribution in [3.05, 3.63) is 41.1 Å². The number of benzene rings is 1. The number of nitrogens with one attached hydrogen (secondary N) is 1. The minimum atomic E-state index is 0.702. The average Bonchev–Trinajstić information content (AvgIpc) is 2.67. The molecule has 0 bridgehead atoms. The van der Waals surface area contributed by atoms with Crippen LogP contribution in [0, 0.1) is 6.92 Å². The van der Waals surface area contributed by atoms with Crippen LogP contribution in [0.5, 0.6) is 0 Å². The summed E-state index contributed by atoms with van der Waals surface area (Å²) in [4.78, 5) is 14.3. The Morgan fingerprint density at radius 3 is 2.19 bits per heavy atom. The summed E-state index contributed by atoms with van der Waals surface area (Å²) in [7, 11) is 0. The summed E-state index contributed by atoms with van der Waals surface area (Å²) in [6.07, 6.45) is 1.99. The van der Waals surface area contributed by atoms with E-state index in [2.05, 4.69) is 65.1 Å². The van der Waals surface area contributed by atoms with Crippen LogP contribution in [-0.4, -0.2) is 47.6 Å².